The molecule has 6 rings (SSSR count). The zero-order chi connectivity index (χ0) is 24.2. The van der Waals surface area contributed by atoms with Crippen molar-refractivity contribution in [1.82, 2.24) is 9.88 Å². The second kappa shape index (κ2) is 9.66. The number of ether oxygens (including phenoxy) is 1. The number of rotatable bonds is 4. The topological polar surface area (TPSA) is 28.6 Å². The minimum absolute atomic E-state index is 0. The van der Waals surface area contributed by atoms with Gasteiger partial charge in [0.1, 0.15) is 5.06 Å². The zero-order valence-corrected chi connectivity index (χ0v) is 24.2. The molecule has 0 saturated heterocycles. The first-order chi connectivity index (χ1) is 16.8. The molecule has 0 spiro atoms. The van der Waals surface area contributed by atoms with Gasteiger partial charge < -0.3 is 14.5 Å². The standard InChI is InChI=1S/C29H24N3OS2.Pt/c1-29(2,3)20-8-10-30-25(15-20)23-14-19-9-13-34-27(19)28-24(23)17-26(35-28)33-22-7-5-6-21(16-22)32-12-11-31(4)18-32;/h5-15,18H,1-4H3;/q-3;. The van der Waals surface area contributed by atoms with Crippen LogP contribution >= 0.6 is 22.7 Å². The maximum Gasteiger partial charge on any atom is 0.108 e. The van der Waals surface area contributed by atoms with Crippen LogP contribution < -0.4 is 9.64 Å². The molecular weight excluding hydrogens is 666 g/mol. The monoisotopic (exact) mass is 689 g/mol. The SMILES string of the molecule is CN1C=CN(c2[c-]c(Oc3[c-]c4c(-c5cc(C(C)(C)C)ccn5)cc5ccsc5c4s3)ccc2)[CH-]1.[Pt]. The largest absolute Gasteiger partial charge is 0.510 e. The van der Waals surface area contributed by atoms with Crippen molar-refractivity contribution in [2.75, 3.05) is 11.9 Å². The third kappa shape index (κ3) is 4.70. The molecule has 1 aliphatic heterocycles. The van der Waals surface area contributed by atoms with Gasteiger partial charge in [-0.15, -0.1) is 36.0 Å². The summed E-state index contributed by atoms with van der Waals surface area (Å²) in [6, 6.07) is 21.6. The van der Waals surface area contributed by atoms with Crippen molar-refractivity contribution in [1.29, 1.82) is 0 Å². The van der Waals surface area contributed by atoms with Crippen LogP contribution in [0.1, 0.15) is 26.3 Å². The Morgan fingerprint density at radius 3 is 2.67 bits per heavy atom. The third-order valence-electron chi connectivity index (χ3n) is 6.02. The van der Waals surface area contributed by atoms with Gasteiger partial charge in [0.25, 0.3) is 0 Å². The fraction of sp³-hybridized carbons (Fsp3) is 0.172. The summed E-state index contributed by atoms with van der Waals surface area (Å²) in [6.07, 6.45) is 5.91. The predicted molar refractivity (Wildman–Crippen MR) is 147 cm³/mol. The molecule has 4 heterocycles. The van der Waals surface area contributed by atoms with Gasteiger partial charge in [0.15, 0.2) is 0 Å². The summed E-state index contributed by atoms with van der Waals surface area (Å²) in [5.41, 5.74) is 4.28. The van der Waals surface area contributed by atoms with Crippen LogP contribution in [-0.4, -0.2) is 16.9 Å². The van der Waals surface area contributed by atoms with Crippen LogP contribution in [0.5, 0.6) is 10.8 Å². The molecule has 0 N–H and O–H groups in total. The molecule has 2 aromatic carbocycles. The van der Waals surface area contributed by atoms with Crippen molar-refractivity contribution >= 4 is 48.5 Å². The van der Waals surface area contributed by atoms with Crippen LogP contribution in [-0.2, 0) is 26.5 Å². The zero-order valence-electron chi connectivity index (χ0n) is 20.3. The number of thiophene rings is 2. The van der Waals surface area contributed by atoms with Gasteiger partial charge in [0.2, 0.25) is 0 Å². The Bertz CT molecular complexity index is 1580. The molecule has 3 aromatic heterocycles. The summed E-state index contributed by atoms with van der Waals surface area (Å²) in [5.74, 6) is 0.665. The van der Waals surface area contributed by atoms with Gasteiger partial charge in [0, 0.05) is 38.7 Å². The van der Waals surface area contributed by atoms with Gasteiger partial charge in [-0.2, -0.15) is 40.8 Å². The summed E-state index contributed by atoms with van der Waals surface area (Å²) < 4.78 is 8.73. The molecule has 4 nitrogen and oxygen atoms in total. The number of hydrogen-bond donors (Lipinski definition) is 0. The third-order valence-corrected chi connectivity index (χ3v) is 8.08. The van der Waals surface area contributed by atoms with Crippen molar-refractivity contribution in [2.24, 2.45) is 0 Å². The number of nitrogens with zero attached hydrogens (tertiary/aromatic N) is 3. The van der Waals surface area contributed by atoms with Gasteiger partial charge in [-0.25, -0.2) is 0 Å². The van der Waals surface area contributed by atoms with Crippen molar-refractivity contribution in [2.45, 2.75) is 26.2 Å². The van der Waals surface area contributed by atoms with Gasteiger partial charge in [0.05, 0.1) is 0 Å². The van der Waals surface area contributed by atoms with Crippen LogP contribution in [0.4, 0.5) is 5.69 Å². The van der Waals surface area contributed by atoms with Crippen molar-refractivity contribution in [3.8, 4) is 22.1 Å². The fourth-order valence-corrected chi connectivity index (χ4v) is 6.19. The molecule has 36 heavy (non-hydrogen) atoms. The molecule has 0 bridgehead atoms. The van der Waals surface area contributed by atoms with Crippen molar-refractivity contribution in [3.05, 3.63) is 90.8 Å². The van der Waals surface area contributed by atoms with Crippen LogP contribution in [0.25, 0.3) is 31.4 Å². The first-order valence-corrected chi connectivity index (χ1v) is 13.1. The first kappa shape index (κ1) is 25.0. The smallest absolute Gasteiger partial charge is 0.108 e. The molecule has 5 aromatic rings. The predicted octanol–water partition coefficient (Wildman–Crippen LogP) is 8.21. The maximum atomic E-state index is 6.30. The Morgan fingerprint density at radius 1 is 1.03 bits per heavy atom. The average Bonchev–Trinajstić information content (AvgIpc) is 3.57. The minimum Gasteiger partial charge on any atom is -0.510 e. The molecular formula is C29H24N3OPtS2-3. The summed E-state index contributed by atoms with van der Waals surface area (Å²) in [6.45, 7) is 8.68. The Morgan fingerprint density at radius 2 is 1.89 bits per heavy atom. The second-order valence-corrected chi connectivity index (χ2v) is 11.5. The van der Waals surface area contributed by atoms with E-state index in [1.165, 1.54) is 20.3 Å². The van der Waals surface area contributed by atoms with E-state index in [1.807, 2.05) is 60.3 Å². The van der Waals surface area contributed by atoms with Gasteiger partial charge in [-0.1, -0.05) is 31.0 Å². The fourth-order valence-electron chi connectivity index (χ4n) is 4.15. The van der Waals surface area contributed by atoms with Crippen LogP contribution in [0.2, 0.25) is 0 Å². The van der Waals surface area contributed by atoms with Gasteiger partial charge >= 0.3 is 0 Å². The number of pyridine rings is 1. The molecule has 0 fully saturated rings. The molecule has 0 unspecified atom stereocenters. The van der Waals surface area contributed by atoms with Gasteiger partial charge in [-0.3, -0.25) is 4.98 Å². The molecule has 0 amide bonds. The number of aromatic nitrogens is 1. The molecule has 186 valence electrons. The van der Waals surface area contributed by atoms with E-state index < -0.39 is 0 Å². The minimum atomic E-state index is 0. The van der Waals surface area contributed by atoms with E-state index in [-0.39, 0.29) is 26.5 Å². The normalized spacial score (nSPS) is 13.6. The first-order valence-electron chi connectivity index (χ1n) is 11.4. The molecule has 1 aliphatic rings. The van der Waals surface area contributed by atoms with Crippen molar-refractivity contribution < 1.29 is 25.8 Å². The summed E-state index contributed by atoms with van der Waals surface area (Å²) in [4.78, 5) is 8.76. The van der Waals surface area contributed by atoms with Crippen LogP contribution in [0, 0.1) is 18.8 Å². The van der Waals surface area contributed by atoms with E-state index in [2.05, 4.69) is 62.5 Å². The number of benzene rings is 2. The average molecular weight is 690 g/mol. The van der Waals surface area contributed by atoms with Crippen molar-refractivity contribution in [3.63, 3.8) is 0 Å². The Balaban J connectivity index is 0.00000267. The van der Waals surface area contributed by atoms with E-state index >= 15 is 0 Å². The Kier molecular flexibility index (Phi) is 6.71. The van der Waals surface area contributed by atoms with E-state index in [9.17, 15) is 0 Å². The second-order valence-electron chi connectivity index (χ2n) is 9.65. The maximum absolute atomic E-state index is 6.30. The van der Waals surface area contributed by atoms with E-state index in [0.29, 0.717) is 5.75 Å². The van der Waals surface area contributed by atoms with Crippen LogP contribution in [0.3, 0.4) is 0 Å². The number of anilines is 1. The van der Waals surface area contributed by atoms with Crippen LogP contribution in [0.15, 0.2) is 66.4 Å². The molecule has 0 radical (unpaired) electrons. The summed E-state index contributed by atoms with van der Waals surface area (Å²) in [7, 11) is 2.00. The summed E-state index contributed by atoms with van der Waals surface area (Å²) >= 11 is 3.38. The number of fused-ring (bicyclic) bond motifs is 3. The van der Waals surface area contributed by atoms with E-state index in [0.717, 1.165) is 27.4 Å². The summed E-state index contributed by atoms with van der Waals surface area (Å²) in [5, 5.41) is 5.13. The van der Waals surface area contributed by atoms with E-state index in [4.69, 9.17) is 9.72 Å². The Labute approximate surface area is 234 Å². The molecule has 0 aliphatic carbocycles. The quantitative estimate of drug-likeness (QED) is 0.178. The van der Waals surface area contributed by atoms with Gasteiger partial charge in [-0.05, 0) is 64.1 Å². The molecule has 0 atom stereocenters. The molecule has 0 saturated carbocycles. The Hall–Kier alpha value is -2.66. The molecule has 7 heteroatoms. The van der Waals surface area contributed by atoms with E-state index in [1.54, 1.807) is 22.7 Å². The number of hydrogen-bond acceptors (Lipinski definition) is 6.